The Bertz CT molecular complexity index is 1110. The molecule has 3 heterocycles. The summed E-state index contributed by atoms with van der Waals surface area (Å²) in [5.74, 6) is 6.46. The molecule has 6 heteroatoms. The van der Waals surface area contributed by atoms with Crippen LogP contribution in [0.15, 0.2) is 41.2 Å². The van der Waals surface area contributed by atoms with Crippen molar-refractivity contribution in [1.29, 1.82) is 0 Å². The van der Waals surface area contributed by atoms with Crippen LogP contribution < -0.4 is 11.4 Å². The van der Waals surface area contributed by atoms with Gasteiger partial charge in [0.15, 0.2) is 5.82 Å². The summed E-state index contributed by atoms with van der Waals surface area (Å²) in [4.78, 5) is 22.7. The Morgan fingerprint density at radius 1 is 1.13 bits per heavy atom. The highest BCUT2D eigenvalue weighted by molar-refractivity contribution is 7.25. The summed E-state index contributed by atoms with van der Waals surface area (Å²) in [5, 5.41) is 0.936. The summed E-state index contributed by atoms with van der Waals surface area (Å²) >= 11 is 1.35. The number of pyridine rings is 1. The molecule has 0 atom stereocenters. The van der Waals surface area contributed by atoms with Gasteiger partial charge in [-0.25, -0.2) is 14.6 Å². The zero-order valence-electron chi connectivity index (χ0n) is 12.7. The molecule has 0 bridgehead atoms. The number of nitrogens with two attached hydrogens (primary N) is 1. The first-order chi connectivity index (χ1) is 11.1. The Labute approximate surface area is 136 Å². The van der Waals surface area contributed by atoms with Crippen LogP contribution >= 0.6 is 11.3 Å². The molecule has 0 aliphatic carbocycles. The minimum atomic E-state index is -0.242. The van der Waals surface area contributed by atoms with Crippen molar-refractivity contribution in [2.45, 2.75) is 13.8 Å². The summed E-state index contributed by atoms with van der Waals surface area (Å²) < 4.78 is 1.67. The van der Waals surface area contributed by atoms with E-state index in [0.717, 1.165) is 31.7 Å². The van der Waals surface area contributed by atoms with Gasteiger partial charge in [-0.2, -0.15) is 0 Å². The number of aryl methyl sites for hydroxylation is 2. The Balaban J connectivity index is 2.18. The number of rotatable bonds is 1. The van der Waals surface area contributed by atoms with E-state index >= 15 is 0 Å². The molecule has 0 saturated heterocycles. The molecule has 2 N–H and O–H groups in total. The minimum Gasteiger partial charge on any atom is -0.334 e. The SMILES string of the molecule is Cc1cc(C)c2c(n1)sc1c(=O)n(N)c(-c3ccccc3)nc12. The van der Waals surface area contributed by atoms with Crippen LogP contribution in [0.2, 0.25) is 0 Å². The van der Waals surface area contributed by atoms with Crippen LogP contribution in [0.1, 0.15) is 11.3 Å². The molecule has 114 valence electrons. The zero-order chi connectivity index (χ0) is 16.1. The van der Waals surface area contributed by atoms with Gasteiger partial charge in [0, 0.05) is 16.6 Å². The lowest BCUT2D eigenvalue weighted by Gasteiger charge is -2.07. The first kappa shape index (κ1) is 13.9. The maximum Gasteiger partial charge on any atom is 0.290 e. The molecule has 5 nitrogen and oxygen atoms in total. The second-order valence-electron chi connectivity index (χ2n) is 5.52. The second-order valence-corrected chi connectivity index (χ2v) is 6.52. The van der Waals surface area contributed by atoms with Crippen LogP contribution in [0.5, 0.6) is 0 Å². The van der Waals surface area contributed by atoms with Crippen molar-refractivity contribution in [3.63, 3.8) is 0 Å². The molecule has 0 amide bonds. The lowest BCUT2D eigenvalue weighted by atomic mass is 10.1. The van der Waals surface area contributed by atoms with E-state index in [-0.39, 0.29) is 5.56 Å². The average molecular weight is 322 g/mol. The third-order valence-corrected chi connectivity index (χ3v) is 4.91. The van der Waals surface area contributed by atoms with Gasteiger partial charge in [0.25, 0.3) is 5.56 Å². The van der Waals surface area contributed by atoms with Gasteiger partial charge in [-0.15, -0.1) is 11.3 Å². The molecule has 0 radical (unpaired) electrons. The highest BCUT2D eigenvalue weighted by Crippen LogP contribution is 2.33. The Hall–Kier alpha value is -2.73. The largest absolute Gasteiger partial charge is 0.334 e. The van der Waals surface area contributed by atoms with Crippen molar-refractivity contribution >= 4 is 31.8 Å². The van der Waals surface area contributed by atoms with Crippen LogP contribution in [-0.2, 0) is 0 Å². The van der Waals surface area contributed by atoms with Crippen LogP contribution in [-0.4, -0.2) is 14.6 Å². The highest BCUT2D eigenvalue weighted by atomic mass is 32.1. The van der Waals surface area contributed by atoms with Gasteiger partial charge >= 0.3 is 0 Å². The molecule has 23 heavy (non-hydrogen) atoms. The lowest BCUT2D eigenvalue weighted by molar-refractivity contribution is 0.931. The van der Waals surface area contributed by atoms with Gasteiger partial charge in [-0.3, -0.25) is 4.79 Å². The molecular formula is C17H14N4OS. The van der Waals surface area contributed by atoms with Crippen LogP contribution in [0.3, 0.4) is 0 Å². The topological polar surface area (TPSA) is 73.8 Å². The van der Waals surface area contributed by atoms with E-state index in [1.165, 1.54) is 11.3 Å². The predicted molar refractivity (Wildman–Crippen MR) is 94.2 cm³/mol. The molecule has 0 fully saturated rings. The third kappa shape index (κ3) is 2.03. The molecule has 0 unspecified atom stereocenters. The number of nitrogens with zero attached hydrogens (tertiary/aromatic N) is 3. The monoisotopic (exact) mass is 322 g/mol. The molecule has 0 aliphatic rings. The summed E-state index contributed by atoms with van der Waals surface area (Å²) in [5.41, 5.74) is 3.25. The number of hydrogen-bond donors (Lipinski definition) is 1. The lowest BCUT2D eigenvalue weighted by Crippen LogP contribution is -2.29. The smallest absolute Gasteiger partial charge is 0.290 e. The van der Waals surface area contributed by atoms with E-state index in [1.807, 2.05) is 50.2 Å². The predicted octanol–water partition coefficient (Wildman–Crippen LogP) is 3.00. The Morgan fingerprint density at radius 2 is 1.87 bits per heavy atom. The normalized spacial score (nSPS) is 11.4. The summed E-state index contributed by atoms with van der Waals surface area (Å²) in [6.07, 6.45) is 0. The number of aromatic nitrogens is 3. The molecule has 1 aromatic carbocycles. The van der Waals surface area contributed by atoms with Crippen molar-refractivity contribution in [1.82, 2.24) is 14.6 Å². The fraction of sp³-hybridized carbons (Fsp3) is 0.118. The van der Waals surface area contributed by atoms with E-state index in [9.17, 15) is 4.79 Å². The fourth-order valence-corrected chi connectivity index (χ4v) is 4.00. The number of nitrogen functional groups attached to an aromatic ring is 1. The van der Waals surface area contributed by atoms with Gasteiger partial charge in [0.1, 0.15) is 9.53 Å². The molecule has 4 aromatic rings. The van der Waals surface area contributed by atoms with Gasteiger partial charge in [0.05, 0.1) is 5.52 Å². The van der Waals surface area contributed by atoms with E-state index < -0.39 is 0 Å². The summed E-state index contributed by atoms with van der Waals surface area (Å²) in [6, 6.07) is 11.5. The first-order valence-corrected chi connectivity index (χ1v) is 8.02. The molecule has 0 spiro atoms. The minimum absolute atomic E-state index is 0.242. The van der Waals surface area contributed by atoms with Crippen LogP contribution in [0.4, 0.5) is 0 Å². The van der Waals surface area contributed by atoms with E-state index in [0.29, 0.717) is 16.0 Å². The van der Waals surface area contributed by atoms with Gasteiger partial charge in [0.2, 0.25) is 0 Å². The highest BCUT2D eigenvalue weighted by Gasteiger charge is 2.17. The Morgan fingerprint density at radius 3 is 2.61 bits per heavy atom. The van der Waals surface area contributed by atoms with Crippen molar-refractivity contribution in [2.75, 3.05) is 5.84 Å². The molecular weight excluding hydrogens is 308 g/mol. The van der Waals surface area contributed by atoms with Crippen molar-refractivity contribution in [2.24, 2.45) is 0 Å². The maximum absolute atomic E-state index is 12.7. The standard InChI is InChI=1S/C17H14N4OS/c1-9-8-10(2)19-16-12(9)13-14(23-16)17(22)21(18)15(20-13)11-6-4-3-5-7-11/h3-8H,18H2,1-2H3. The van der Waals surface area contributed by atoms with E-state index in [4.69, 9.17) is 10.8 Å². The number of fused-ring (bicyclic) bond motifs is 3. The second kappa shape index (κ2) is 4.89. The van der Waals surface area contributed by atoms with Gasteiger partial charge in [-0.1, -0.05) is 30.3 Å². The van der Waals surface area contributed by atoms with E-state index in [1.54, 1.807) is 0 Å². The number of benzene rings is 1. The third-order valence-electron chi connectivity index (χ3n) is 3.85. The van der Waals surface area contributed by atoms with Gasteiger partial charge in [-0.05, 0) is 25.5 Å². The van der Waals surface area contributed by atoms with Crippen molar-refractivity contribution < 1.29 is 0 Å². The van der Waals surface area contributed by atoms with E-state index in [2.05, 4.69) is 4.98 Å². The molecule has 0 aliphatic heterocycles. The zero-order valence-corrected chi connectivity index (χ0v) is 13.5. The van der Waals surface area contributed by atoms with Crippen LogP contribution in [0.25, 0.3) is 31.8 Å². The quantitative estimate of drug-likeness (QED) is 0.547. The van der Waals surface area contributed by atoms with Crippen molar-refractivity contribution in [3.8, 4) is 11.4 Å². The Kier molecular flexibility index (Phi) is 2.96. The fourth-order valence-electron chi connectivity index (χ4n) is 2.83. The van der Waals surface area contributed by atoms with Gasteiger partial charge < -0.3 is 5.84 Å². The molecule has 4 rings (SSSR count). The van der Waals surface area contributed by atoms with Crippen molar-refractivity contribution in [3.05, 3.63) is 58.0 Å². The number of hydrogen-bond acceptors (Lipinski definition) is 5. The van der Waals surface area contributed by atoms with Crippen LogP contribution in [0, 0.1) is 13.8 Å². The number of thiophene rings is 1. The molecule has 0 saturated carbocycles. The maximum atomic E-state index is 12.7. The average Bonchev–Trinajstić information content (AvgIpc) is 2.90. The first-order valence-electron chi connectivity index (χ1n) is 7.20. The summed E-state index contributed by atoms with van der Waals surface area (Å²) in [7, 11) is 0. The molecule has 3 aromatic heterocycles. The summed E-state index contributed by atoms with van der Waals surface area (Å²) in [6.45, 7) is 3.96.